The fourth-order valence-corrected chi connectivity index (χ4v) is 3.89. The molecule has 1 aromatic heterocycles. The number of nitrogens with zero attached hydrogens (tertiary/aromatic N) is 2. The number of ether oxygens (including phenoxy) is 1. The molecule has 0 aliphatic rings. The van der Waals surface area contributed by atoms with Crippen LogP contribution in [0.3, 0.4) is 0 Å². The van der Waals surface area contributed by atoms with Gasteiger partial charge in [-0.1, -0.05) is 60.7 Å². The van der Waals surface area contributed by atoms with E-state index >= 15 is 0 Å². The molecule has 0 aliphatic carbocycles. The molecule has 0 saturated carbocycles. The fourth-order valence-electron chi connectivity index (χ4n) is 3.89. The van der Waals surface area contributed by atoms with Crippen molar-refractivity contribution >= 4 is 17.3 Å². The number of hydrogen-bond donors (Lipinski definition) is 2. The summed E-state index contributed by atoms with van der Waals surface area (Å²) in [5.41, 5.74) is 2.63. The van der Waals surface area contributed by atoms with Crippen LogP contribution in [0.4, 0.5) is 15.8 Å². The number of anilines is 2. The van der Waals surface area contributed by atoms with Crippen molar-refractivity contribution in [2.75, 3.05) is 5.32 Å². The summed E-state index contributed by atoms with van der Waals surface area (Å²) in [7, 11) is 0. The zero-order chi connectivity index (χ0) is 27.0. The first kappa shape index (κ1) is 25.4. The second-order valence-corrected chi connectivity index (χ2v) is 8.76. The number of benzene rings is 4. The van der Waals surface area contributed by atoms with Gasteiger partial charge in [0.1, 0.15) is 11.6 Å². The summed E-state index contributed by atoms with van der Waals surface area (Å²) in [5, 5.41) is 10.3. The zero-order valence-electron chi connectivity index (χ0n) is 20.9. The number of carbonyl (C=O) groups excluding carboxylic acids is 1. The first-order chi connectivity index (χ1) is 19.0. The second-order valence-electron chi connectivity index (χ2n) is 8.76. The molecule has 39 heavy (non-hydrogen) atoms. The van der Waals surface area contributed by atoms with E-state index in [1.54, 1.807) is 48.5 Å². The molecule has 5 rings (SSSR count). The quantitative estimate of drug-likeness (QED) is 0.253. The molecule has 2 N–H and O–H groups in total. The average molecular weight is 521 g/mol. The van der Waals surface area contributed by atoms with E-state index in [1.807, 2.05) is 48.5 Å². The SMILES string of the molecule is O=C(NCc1ccc(F)cc1)c1ccc(Nc2c(Oc3ccccc3)cnn(Cc3ccccc3)c2=O)cc1. The van der Waals surface area contributed by atoms with Gasteiger partial charge >= 0.3 is 0 Å². The molecule has 0 spiro atoms. The third kappa shape index (κ3) is 6.56. The first-order valence-electron chi connectivity index (χ1n) is 12.3. The van der Waals surface area contributed by atoms with E-state index in [4.69, 9.17) is 4.74 Å². The van der Waals surface area contributed by atoms with Gasteiger partial charge in [0.25, 0.3) is 11.5 Å². The van der Waals surface area contributed by atoms with Gasteiger partial charge in [-0.15, -0.1) is 0 Å². The van der Waals surface area contributed by atoms with Crippen molar-refractivity contribution in [2.45, 2.75) is 13.1 Å². The lowest BCUT2D eigenvalue weighted by Crippen LogP contribution is -2.26. The molecule has 194 valence electrons. The van der Waals surface area contributed by atoms with Gasteiger partial charge in [-0.25, -0.2) is 9.07 Å². The predicted molar refractivity (Wildman–Crippen MR) is 148 cm³/mol. The number of aromatic nitrogens is 2. The van der Waals surface area contributed by atoms with Gasteiger partial charge in [0.2, 0.25) is 0 Å². The van der Waals surface area contributed by atoms with Crippen LogP contribution in [0.2, 0.25) is 0 Å². The highest BCUT2D eigenvalue weighted by Crippen LogP contribution is 2.28. The van der Waals surface area contributed by atoms with E-state index in [9.17, 15) is 14.0 Å². The van der Waals surface area contributed by atoms with Crippen LogP contribution >= 0.6 is 0 Å². The maximum atomic E-state index is 13.5. The molecule has 0 saturated heterocycles. The standard InChI is InChI=1S/C31H25FN4O3/c32-25-15-11-22(12-16-25)19-33-30(37)24-13-17-26(18-14-24)35-29-28(39-27-9-5-2-6-10-27)20-34-36(31(29)38)21-23-7-3-1-4-8-23/h1-18,20,35H,19,21H2,(H,33,37). The van der Waals surface area contributed by atoms with Gasteiger partial charge in [-0.05, 0) is 59.7 Å². The molecule has 5 aromatic rings. The van der Waals surface area contributed by atoms with Crippen molar-refractivity contribution < 1.29 is 13.9 Å². The Morgan fingerprint density at radius 3 is 2.18 bits per heavy atom. The Kier molecular flexibility index (Phi) is 7.73. The number of hydrogen-bond acceptors (Lipinski definition) is 5. The monoisotopic (exact) mass is 520 g/mol. The second kappa shape index (κ2) is 11.9. The molecular formula is C31H25FN4O3. The molecule has 0 aliphatic heterocycles. The molecular weight excluding hydrogens is 495 g/mol. The molecule has 1 heterocycles. The van der Waals surface area contributed by atoms with Crippen molar-refractivity contribution in [1.82, 2.24) is 15.1 Å². The minimum atomic E-state index is -0.353. The molecule has 0 atom stereocenters. The van der Waals surface area contributed by atoms with Crippen LogP contribution < -0.4 is 20.9 Å². The topological polar surface area (TPSA) is 85.2 Å². The minimum Gasteiger partial charge on any atom is -0.453 e. The molecule has 1 amide bonds. The molecule has 0 unspecified atom stereocenters. The van der Waals surface area contributed by atoms with Gasteiger partial charge in [0, 0.05) is 17.8 Å². The van der Waals surface area contributed by atoms with Gasteiger partial charge in [-0.2, -0.15) is 5.10 Å². The smallest absolute Gasteiger partial charge is 0.294 e. The summed E-state index contributed by atoms with van der Waals surface area (Å²) in [6.45, 7) is 0.574. The fraction of sp³-hybridized carbons (Fsp3) is 0.0645. The molecule has 0 radical (unpaired) electrons. The maximum absolute atomic E-state index is 13.5. The summed E-state index contributed by atoms with van der Waals surface area (Å²) in [6.07, 6.45) is 1.51. The number of halogens is 1. The molecule has 0 bridgehead atoms. The van der Waals surface area contributed by atoms with E-state index in [2.05, 4.69) is 15.7 Å². The summed E-state index contributed by atoms with van der Waals surface area (Å²) in [6, 6.07) is 31.4. The molecule has 4 aromatic carbocycles. The largest absolute Gasteiger partial charge is 0.453 e. The average Bonchev–Trinajstić information content (AvgIpc) is 2.97. The third-order valence-corrected chi connectivity index (χ3v) is 5.94. The highest BCUT2D eigenvalue weighted by atomic mass is 19.1. The van der Waals surface area contributed by atoms with Crippen LogP contribution in [0.5, 0.6) is 11.5 Å². The highest BCUT2D eigenvalue weighted by molar-refractivity contribution is 5.94. The number of nitrogens with one attached hydrogen (secondary N) is 2. The molecule has 7 nitrogen and oxygen atoms in total. The van der Waals surface area contributed by atoms with Crippen molar-refractivity contribution in [3.63, 3.8) is 0 Å². The number of amides is 1. The first-order valence-corrected chi connectivity index (χ1v) is 12.3. The molecule has 0 fully saturated rings. The Morgan fingerprint density at radius 2 is 1.49 bits per heavy atom. The Hall–Kier alpha value is -5.24. The Balaban J connectivity index is 1.36. The summed E-state index contributed by atoms with van der Waals surface area (Å²) in [4.78, 5) is 26.1. The van der Waals surface area contributed by atoms with Crippen LogP contribution in [-0.4, -0.2) is 15.7 Å². The van der Waals surface area contributed by atoms with Crippen molar-refractivity contribution in [2.24, 2.45) is 0 Å². The van der Waals surface area contributed by atoms with Gasteiger partial charge in [0.05, 0.1) is 12.7 Å². The molecule has 8 heteroatoms. The lowest BCUT2D eigenvalue weighted by molar-refractivity contribution is 0.0951. The van der Waals surface area contributed by atoms with Crippen molar-refractivity contribution in [3.05, 3.63) is 148 Å². The lowest BCUT2D eigenvalue weighted by atomic mass is 10.1. The van der Waals surface area contributed by atoms with Crippen LogP contribution in [0.1, 0.15) is 21.5 Å². The van der Waals surface area contributed by atoms with Gasteiger partial charge in [0.15, 0.2) is 11.4 Å². The van der Waals surface area contributed by atoms with E-state index in [1.165, 1.54) is 23.0 Å². The number of rotatable bonds is 9. The Labute approximate surface area is 224 Å². The van der Waals surface area contributed by atoms with Crippen LogP contribution in [0.25, 0.3) is 0 Å². The van der Waals surface area contributed by atoms with Crippen LogP contribution in [0, 0.1) is 5.82 Å². The minimum absolute atomic E-state index is 0.221. The number of para-hydroxylation sites is 1. The summed E-state index contributed by atoms with van der Waals surface area (Å²) in [5.74, 6) is 0.243. The maximum Gasteiger partial charge on any atom is 0.294 e. The predicted octanol–water partition coefficient (Wildman–Crippen LogP) is 5.90. The van der Waals surface area contributed by atoms with Crippen LogP contribution in [-0.2, 0) is 13.1 Å². The highest BCUT2D eigenvalue weighted by Gasteiger charge is 2.15. The third-order valence-electron chi connectivity index (χ3n) is 5.94. The van der Waals surface area contributed by atoms with Gasteiger partial charge in [-0.3, -0.25) is 9.59 Å². The van der Waals surface area contributed by atoms with E-state index in [-0.39, 0.29) is 35.3 Å². The van der Waals surface area contributed by atoms with Crippen molar-refractivity contribution in [3.8, 4) is 11.5 Å². The lowest BCUT2D eigenvalue weighted by Gasteiger charge is -2.15. The number of carbonyl (C=O) groups is 1. The van der Waals surface area contributed by atoms with Crippen LogP contribution in [0.15, 0.2) is 120 Å². The Morgan fingerprint density at radius 1 is 0.821 bits per heavy atom. The van der Waals surface area contributed by atoms with Gasteiger partial charge < -0.3 is 15.4 Å². The summed E-state index contributed by atoms with van der Waals surface area (Å²) < 4.78 is 20.5. The van der Waals surface area contributed by atoms with E-state index in [0.717, 1.165) is 11.1 Å². The van der Waals surface area contributed by atoms with E-state index < -0.39 is 0 Å². The normalized spacial score (nSPS) is 10.6. The van der Waals surface area contributed by atoms with Crippen molar-refractivity contribution in [1.29, 1.82) is 0 Å². The zero-order valence-corrected chi connectivity index (χ0v) is 20.9. The Bertz CT molecular complexity index is 1600. The summed E-state index contributed by atoms with van der Waals surface area (Å²) >= 11 is 0. The van der Waals surface area contributed by atoms with E-state index in [0.29, 0.717) is 23.5 Å².